The normalized spacial score (nSPS) is 15.7. The van der Waals surface area contributed by atoms with Gasteiger partial charge in [0.1, 0.15) is 0 Å². The average Bonchev–Trinajstić information content (AvgIpc) is 2.97. The van der Waals surface area contributed by atoms with E-state index < -0.39 is 0 Å². The fourth-order valence-corrected chi connectivity index (χ4v) is 2.14. The summed E-state index contributed by atoms with van der Waals surface area (Å²) in [5.74, 6) is 0.956. The van der Waals surface area contributed by atoms with Crippen LogP contribution in [-0.4, -0.2) is 28.7 Å². The molecule has 0 aliphatic heterocycles. The molecule has 0 atom stereocenters. The lowest BCUT2D eigenvalue weighted by atomic mass is 10.1. The van der Waals surface area contributed by atoms with E-state index in [9.17, 15) is 4.79 Å². The van der Waals surface area contributed by atoms with Gasteiger partial charge < -0.3 is 4.90 Å². The zero-order valence-corrected chi connectivity index (χ0v) is 11.4. The summed E-state index contributed by atoms with van der Waals surface area (Å²) in [6, 6.07) is 0.573. The standard InChI is InChI=1S/C12H22BrNO/c1-10(2)9-14(11-6-7-11)12(15)5-3-4-8-13/h10-11H,3-9H2,1-2H3. The van der Waals surface area contributed by atoms with Crippen molar-refractivity contribution in [1.82, 2.24) is 4.90 Å². The molecule has 3 heteroatoms. The van der Waals surface area contributed by atoms with Gasteiger partial charge in [-0.2, -0.15) is 0 Å². The number of alkyl halides is 1. The summed E-state index contributed by atoms with van der Waals surface area (Å²) in [6.07, 6.45) is 5.29. The summed E-state index contributed by atoms with van der Waals surface area (Å²) < 4.78 is 0. The Morgan fingerprint density at radius 2 is 2.07 bits per heavy atom. The molecule has 0 N–H and O–H groups in total. The third-order valence-corrected chi connectivity index (χ3v) is 3.20. The molecule has 1 rings (SSSR count). The van der Waals surface area contributed by atoms with Gasteiger partial charge in [-0.1, -0.05) is 29.8 Å². The van der Waals surface area contributed by atoms with Crippen LogP contribution >= 0.6 is 15.9 Å². The summed E-state index contributed by atoms with van der Waals surface area (Å²) >= 11 is 3.39. The molecule has 1 saturated carbocycles. The molecular weight excluding hydrogens is 254 g/mol. The average molecular weight is 276 g/mol. The van der Waals surface area contributed by atoms with Gasteiger partial charge in [0, 0.05) is 24.3 Å². The Kier molecular flexibility index (Phi) is 5.65. The lowest BCUT2D eigenvalue weighted by molar-refractivity contribution is -0.132. The summed E-state index contributed by atoms with van der Waals surface area (Å²) in [6.45, 7) is 5.31. The van der Waals surface area contributed by atoms with Crippen LogP contribution in [-0.2, 0) is 4.79 Å². The molecule has 0 radical (unpaired) electrons. The molecule has 0 spiro atoms. The zero-order chi connectivity index (χ0) is 11.3. The smallest absolute Gasteiger partial charge is 0.222 e. The largest absolute Gasteiger partial charge is 0.339 e. The number of halogens is 1. The molecule has 88 valence electrons. The van der Waals surface area contributed by atoms with Gasteiger partial charge in [0.15, 0.2) is 0 Å². The second-order valence-corrected chi connectivity index (χ2v) is 5.61. The molecule has 1 aliphatic carbocycles. The Labute approximate surface area is 102 Å². The molecule has 1 fully saturated rings. The van der Waals surface area contributed by atoms with Crippen LogP contribution in [0.15, 0.2) is 0 Å². The SMILES string of the molecule is CC(C)CN(C(=O)CCCCBr)C1CC1. The van der Waals surface area contributed by atoms with Crippen LogP contribution in [0.4, 0.5) is 0 Å². The Balaban J connectivity index is 2.30. The van der Waals surface area contributed by atoms with Crippen molar-refractivity contribution in [1.29, 1.82) is 0 Å². The number of amides is 1. The first-order valence-corrected chi connectivity index (χ1v) is 7.12. The van der Waals surface area contributed by atoms with Crippen molar-refractivity contribution in [2.75, 3.05) is 11.9 Å². The lowest BCUT2D eigenvalue weighted by Crippen LogP contribution is -2.35. The van der Waals surface area contributed by atoms with Crippen LogP contribution in [0.5, 0.6) is 0 Å². The molecule has 0 bridgehead atoms. The first kappa shape index (κ1) is 13.0. The molecule has 0 heterocycles. The van der Waals surface area contributed by atoms with Crippen molar-refractivity contribution < 1.29 is 4.79 Å². The van der Waals surface area contributed by atoms with E-state index in [2.05, 4.69) is 34.7 Å². The highest BCUT2D eigenvalue weighted by Crippen LogP contribution is 2.28. The maximum absolute atomic E-state index is 11.9. The van der Waals surface area contributed by atoms with Crippen LogP contribution in [0, 0.1) is 5.92 Å². The van der Waals surface area contributed by atoms with E-state index in [1.807, 2.05) is 0 Å². The van der Waals surface area contributed by atoms with Gasteiger partial charge in [0.2, 0.25) is 5.91 Å². The van der Waals surface area contributed by atoms with E-state index in [0.29, 0.717) is 17.9 Å². The van der Waals surface area contributed by atoms with Gasteiger partial charge in [-0.15, -0.1) is 0 Å². The molecule has 1 aliphatic rings. The van der Waals surface area contributed by atoms with Crippen molar-refractivity contribution in [3.05, 3.63) is 0 Å². The minimum Gasteiger partial charge on any atom is -0.339 e. The van der Waals surface area contributed by atoms with Crippen LogP contribution in [0.1, 0.15) is 46.0 Å². The fourth-order valence-electron chi connectivity index (χ4n) is 1.75. The second-order valence-electron chi connectivity index (χ2n) is 4.82. The third kappa shape index (κ3) is 5.01. The van der Waals surface area contributed by atoms with Gasteiger partial charge in [-0.25, -0.2) is 0 Å². The maximum Gasteiger partial charge on any atom is 0.222 e. The van der Waals surface area contributed by atoms with Crippen LogP contribution < -0.4 is 0 Å². The summed E-state index contributed by atoms with van der Waals surface area (Å²) in [7, 11) is 0. The highest BCUT2D eigenvalue weighted by molar-refractivity contribution is 9.09. The number of carbonyl (C=O) groups is 1. The zero-order valence-electron chi connectivity index (χ0n) is 9.84. The van der Waals surface area contributed by atoms with Gasteiger partial charge in [-0.05, 0) is 31.6 Å². The van der Waals surface area contributed by atoms with Crippen molar-refractivity contribution >= 4 is 21.8 Å². The number of hydrogen-bond acceptors (Lipinski definition) is 1. The predicted molar refractivity (Wildman–Crippen MR) is 67.2 cm³/mol. The van der Waals surface area contributed by atoms with E-state index in [1.54, 1.807) is 0 Å². The van der Waals surface area contributed by atoms with E-state index in [-0.39, 0.29) is 0 Å². The minimum absolute atomic E-state index is 0.368. The second kappa shape index (κ2) is 6.51. The quantitative estimate of drug-likeness (QED) is 0.516. The predicted octanol–water partition coefficient (Wildman–Crippen LogP) is 3.20. The molecule has 0 unspecified atom stereocenters. The summed E-state index contributed by atoms with van der Waals surface area (Å²) in [4.78, 5) is 14.1. The molecule has 2 nitrogen and oxygen atoms in total. The van der Waals surface area contributed by atoms with Gasteiger partial charge in [0.25, 0.3) is 0 Å². The number of hydrogen-bond donors (Lipinski definition) is 0. The minimum atomic E-state index is 0.368. The van der Waals surface area contributed by atoms with Gasteiger partial charge in [-0.3, -0.25) is 4.79 Å². The van der Waals surface area contributed by atoms with Crippen molar-refractivity contribution in [3.63, 3.8) is 0 Å². The highest BCUT2D eigenvalue weighted by Gasteiger charge is 2.32. The topological polar surface area (TPSA) is 20.3 Å². The van der Waals surface area contributed by atoms with Crippen LogP contribution in [0.2, 0.25) is 0 Å². The maximum atomic E-state index is 11.9. The molecule has 0 aromatic carbocycles. The first-order chi connectivity index (χ1) is 7.15. The first-order valence-electron chi connectivity index (χ1n) is 6.00. The molecular formula is C12H22BrNO. The highest BCUT2D eigenvalue weighted by atomic mass is 79.9. The number of carbonyl (C=O) groups excluding carboxylic acids is 1. The Hall–Kier alpha value is -0.0500. The van der Waals surface area contributed by atoms with Crippen LogP contribution in [0.3, 0.4) is 0 Å². The van der Waals surface area contributed by atoms with E-state index >= 15 is 0 Å². The summed E-state index contributed by atoms with van der Waals surface area (Å²) in [5.41, 5.74) is 0. The monoisotopic (exact) mass is 275 g/mol. The van der Waals surface area contributed by atoms with Crippen molar-refractivity contribution in [3.8, 4) is 0 Å². The molecule has 0 aromatic heterocycles. The number of rotatable bonds is 7. The molecule has 0 aromatic rings. The van der Waals surface area contributed by atoms with Crippen molar-refractivity contribution in [2.45, 2.75) is 52.0 Å². The van der Waals surface area contributed by atoms with Gasteiger partial charge in [0.05, 0.1) is 0 Å². The molecule has 1 amide bonds. The number of unbranched alkanes of at least 4 members (excludes halogenated alkanes) is 1. The summed E-state index contributed by atoms with van der Waals surface area (Å²) in [5, 5.41) is 1.01. The van der Waals surface area contributed by atoms with E-state index in [1.165, 1.54) is 12.8 Å². The molecule has 15 heavy (non-hydrogen) atoms. The van der Waals surface area contributed by atoms with Crippen LogP contribution in [0.25, 0.3) is 0 Å². The van der Waals surface area contributed by atoms with E-state index in [4.69, 9.17) is 0 Å². The van der Waals surface area contributed by atoms with E-state index in [0.717, 1.165) is 31.1 Å². The Morgan fingerprint density at radius 1 is 1.40 bits per heavy atom. The number of nitrogens with zero attached hydrogens (tertiary/aromatic N) is 1. The Morgan fingerprint density at radius 3 is 2.53 bits per heavy atom. The molecule has 0 saturated heterocycles. The Bertz CT molecular complexity index is 202. The fraction of sp³-hybridized carbons (Fsp3) is 0.917. The van der Waals surface area contributed by atoms with Gasteiger partial charge >= 0.3 is 0 Å². The third-order valence-electron chi connectivity index (χ3n) is 2.64. The lowest BCUT2D eigenvalue weighted by Gasteiger charge is -2.24. The van der Waals surface area contributed by atoms with Crippen molar-refractivity contribution in [2.24, 2.45) is 5.92 Å².